The molecular weight excluding hydrogens is 456 g/mol. The van der Waals surface area contributed by atoms with Gasteiger partial charge < -0.3 is 19.9 Å². The minimum atomic E-state index is -0.503. The molecule has 3 heterocycles. The number of nitrogens with one attached hydrogen (secondary N) is 1. The first-order chi connectivity index (χ1) is 17.1. The number of nitrogens with zero attached hydrogens (tertiary/aromatic N) is 5. The first-order valence-corrected chi connectivity index (χ1v) is 12.2. The maximum atomic E-state index is 12.7. The molecule has 36 heavy (non-hydrogen) atoms. The van der Waals surface area contributed by atoms with Gasteiger partial charge in [-0.15, -0.1) is 0 Å². The fourth-order valence-corrected chi connectivity index (χ4v) is 4.18. The van der Waals surface area contributed by atoms with Crippen molar-refractivity contribution in [3.63, 3.8) is 0 Å². The van der Waals surface area contributed by atoms with Gasteiger partial charge in [0.25, 0.3) is 5.56 Å². The lowest BCUT2D eigenvalue weighted by molar-refractivity contribution is 0.0210. The van der Waals surface area contributed by atoms with Crippen LogP contribution < -0.4 is 15.8 Å². The first-order valence-electron chi connectivity index (χ1n) is 12.2. The Morgan fingerprint density at radius 2 is 1.78 bits per heavy atom. The van der Waals surface area contributed by atoms with Gasteiger partial charge in [-0.25, -0.2) is 9.78 Å². The van der Waals surface area contributed by atoms with Crippen LogP contribution in [0.25, 0.3) is 11.1 Å². The summed E-state index contributed by atoms with van der Waals surface area (Å²) in [5, 5.41) is 3.40. The number of carbonyl (C=O) groups excluding carboxylic acids is 1. The number of rotatable bonds is 5. The minimum absolute atomic E-state index is 0.0950. The lowest BCUT2D eigenvalue weighted by atomic mass is 10.1. The van der Waals surface area contributed by atoms with E-state index in [1.54, 1.807) is 28.8 Å². The third-order valence-electron chi connectivity index (χ3n) is 6.15. The number of hydrogen-bond acceptors (Lipinski definition) is 7. The van der Waals surface area contributed by atoms with E-state index in [9.17, 15) is 9.59 Å². The second kappa shape index (κ2) is 10.4. The molecule has 0 aliphatic carbocycles. The van der Waals surface area contributed by atoms with Gasteiger partial charge in [-0.2, -0.15) is 4.98 Å². The lowest BCUT2D eigenvalue weighted by Gasteiger charge is -2.33. The predicted molar refractivity (Wildman–Crippen MR) is 142 cm³/mol. The molecule has 1 aliphatic rings. The van der Waals surface area contributed by atoms with Crippen LogP contribution in [-0.4, -0.2) is 57.3 Å². The average molecular weight is 491 g/mol. The lowest BCUT2D eigenvalue weighted by Crippen LogP contribution is -2.44. The Morgan fingerprint density at radius 1 is 1.08 bits per heavy atom. The Hall–Kier alpha value is -3.88. The van der Waals surface area contributed by atoms with Gasteiger partial charge in [0.15, 0.2) is 0 Å². The number of carbonyl (C=O) groups is 1. The summed E-state index contributed by atoms with van der Waals surface area (Å²) in [4.78, 5) is 37.8. The highest BCUT2D eigenvalue weighted by molar-refractivity contribution is 5.69. The van der Waals surface area contributed by atoms with Gasteiger partial charge >= 0.3 is 6.09 Å². The van der Waals surface area contributed by atoms with Crippen molar-refractivity contribution in [1.29, 1.82) is 0 Å². The van der Waals surface area contributed by atoms with Gasteiger partial charge in [-0.3, -0.25) is 9.36 Å². The molecular formula is C27H34N6O3. The van der Waals surface area contributed by atoms with Crippen LogP contribution in [0.4, 0.5) is 22.4 Å². The van der Waals surface area contributed by atoms with Crippen molar-refractivity contribution in [2.24, 2.45) is 7.05 Å². The van der Waals surface area contributed by atoms with Gasteiger partial charge in [0.2, 0.25) is 5.95 Å². The molecule has 3 aromatic rings. The molecule has 1 saturated heterocycles. The molecule has 0 unspecified atom stereocenters. The van der Waals surface area contributed by atoms with Crippen molar-refractivity contribution >= 4 is 23.7 Å². The summed E-state index contributed by atoms with van der Waals surface area (Å²) in [6.07, 6.45) is 2.98. The minimum Gasteiger partial charge on any atom is -0.444 e. The van der Waals surface area contributed by atoms with Crippen molar-refractivity contribution in [3.05, 3.63) is 65.1 Å². The number of anilines is 3. The fraction of sp³-hybridized carbons (Fsp3) is 0.407. The number of pyridine rings is 1. The van der Waals surface area contributed by atoms with Gasteiger partial charge in [-0.1, -0.05) is 30.3 Å². The van der Waals surface area contributed by atoms with Crippen molar-refractivity contribution < 1.29 is 9.53 Å². The molecule has 1 amide bonds. The zero-order valence-electron chi connectivity index (χ0n) is 21.6. The molecule has 1 aliphatic heterocycles. The molecule has 1 fully saturated rings. The van der Waals surface area contributed by atoms with E-state index in [1.807, 2.05) is 75.2 Å². The van der Waals surface area contributed by atoms with Crippen LogP contribution in [0.3, 0.4) is 0 Å². The topological polar surface area (TPSA) is 92.6 Å². The third kappa shape index (κ3) is 6.02. The Balaban J connectivity index is 1.46. The molecule has 4 rings (SSSR count). The van der Waals surface area contributed by atoms with Gasteiger partial charge in [0, 0.05) is 45.5 Å². The zero-order valence-corrected chi connectivity index (χ0v) is 21.6. The fourth-order valence-electron chi connectivity index (χ4n) is 4.18. The standard InChI is InChI=1S/C27H34N6O3/c1-27(2,3)36-26(35)33-15-12-21(13-16-33)29-25-28-14-11-22(30-25)31(4)23-17-20(18-24(34)32(23)5)19-9-7-6-8-10-19/h6-11,14,17-18,21H,12-13,15-16H2,1-5H3,(H,28,29,30). The largest absolute Gasteiger partial charge is 0.444 e. The first kappa shape index (κ1) is 25.2. The van der Waals surface area contributed by atoms with E-state index in [0.717, 1.165) is 29.8 Å². The monoisotopic (exact) mass is 490 g/mol. The van der Waals surface area contributed by atoms with Crippen LogP contribution in [-0.2, 0) is 11.8 Å². The van der Waals surface area contributed by atoms with Crippen LogP contribution in [0.5, 0.6) is 0 Å². The normalized spacial score (nSPS) is 14.4. The summed E-state index contributed by atoms with van der Waals surface area (Å²) < 4.78 is 7.09. The molecule has 1 aromatic carbocycles. The number of piperidine rings is 1. The summed E-state index contributed by atoms with van der Waals surface area (Å²) >= 11 is 0. The molecule has 0 saturated carbocycles. The number of ether oxygens (including phenoxy) is 1. The van der Waals surface area contributed by atoms with E-state index in [-0.39, 0.29) is 17.7 Å². The maximum Gasteiger partial charge on any atom is 0.410 e. The second-order valence-electron chi connectivity index (χ2n) is 10.0. The molecule has 0 spiro atoms. The highest BCUT2D eigenvalue weighted by Gasteiger charge is 2.27. The van der Waals surface area contributed by atoms with E-state index in [4.69, 9.17) is 9.72 Å². The van der Waals surface area contributed by atoms with E-state index >= 15 is 0 Å². The Labute approximate surface area is 211 Å². The third-order valence-corrected chi connectivity index (χ3v) is 6.15. The van der Waals surface area contributed by atoms with Crippen LogP contribution in [0, 0.1) is 0 Å². The van der Waals surface area contributed by atoms with Gasteiger partial charge in [0.05, 0.1) is 0 Å². The van der Waals surface area contributed by atoms with Gasteiger partial charge in [-0.05, 0) is 56.9 Å². The average Bonchev–Trinajstić information content (AvgIpc) is 2.85. The molecule has 0 bridgehead atoms. The molecule has 1 N–H and O–H groups in total. The Morgan fingerprint density at radius 3 is 2.44 bits per heavy atom. The van der Waals surface area contributed by atoms with Crippen molar-refractivity contribution in [2.45, 2.75) is 45.3 Å². The highest BCUT2D eigenvalue weighted by atomic mass is 16.6. The summed E-state index contributed by atoms with van der Waals surface area (Å²) in [5.74, 6) is 1.90. The molecule has 0 radical (unpaired) electrons. The number of likely N-dealkylation sites (tertiary alicyclic amines) is 1. The summed E-state index contributed by atoms with van der Waals surface area (Å²) in [6, 6.07) is 15.4. The molecule has 9 heteroatoms. The molecule has 2 aromatic heterocycles. The van der Waals surface area contributed by atoms with E-state index in [0.29, 0.717) is 24.9 Å². The number of hydrogen-bond donors (Lipinski definition) is 1. The van der Waals surface area contributed by atoms with Crippen LogP contribution in [0.2, 0.25) is 0 Å². The molecule has 9 nitrogen and oxygen atoms in total. The quantitative estimate of drug-likeness (QED) is 0.566. The number of benzene rings is 1. The second-order valence-corrected chi connectivity index (χ2v) is 10.0. The molecule has 190 valence electrons. The smallest absolute Gasteiger partial charge is 0.410 e. The number of amides is 1. The van der Waals surface area contributed by atoms with Crippen molar-refractivity contribution in [2.75, 3.05) is 30.4 Å². The highest BCUT2D eigenvalue weighted by Crippen LogP contribution is 2.26. The number of aromatic nitrogens is 3. The summed E-state index contributed by atoms with van der Waals surface area (Å²) in [7, 11) is 3.64. The van der Waals surface area contributed by atoms with E-state index in [1.165, 1.54) is 0 Å². The van der Waals surface area contributed by atoms with Crippen LogP contribution in [0.1, 0.15) is 33.6 Å². The van der Waals surface area contributed by atoms with Crippen LogP contribution in [0.15, 0.2) is 59.5 Å². The van der Waals surface area contributed by atoms with E-state index < -0.39 is 5.60 Å². The zero-order chi connectivity index (χ0) is 25.9. The Bertz CT molecular complexity index is 1260. The molecule has 0 atom stereocenters. The maximum absolute atomic E-state index is 12.7. The van der Waals surface area contributed by atoms with Crippen LogP contribution >= 0.6 is 0 Å². The van der Waals surface area contributed by atoms with Gasteiger partial charge in [0.1, 0.15) is 17.2 Å². The Kier molecular flexibility index (Phi) is 7.28. The van der Waals surface area contributed by atoms with Crippen molar-refractivity contribution in [3.8, 4) is 11.1 Å². The summed E-state index contributed by atoms with van der Waals surface area (Å²) in [6.45, 7) is 6.84. The van der Waals surface area contributed by atoms with E-state index in [2.05, 4.69) is 10.3 Å². The van der Waals surface area contributed by atoms with Crippen molar-refractivity contribution in [1.82, 2.24) is 19.4 Å². The summed E-state index contributed by atoms with van der Waals surface area (Å²) in [5.41, 5.74) is 1.23. The predicted octanol–water partition coefficient (Wildman–Crippen LogP) is 4.42. The SMILES string of the molecule is CN(c1ccnc(NC2CCN(C(=O)OC(C)(C)C)CC2)n1)c1cc(-c2ccccc2)cc(=O)n1C.